The highest BCUT2D eigenvalue weighted by molar-refractivity contribution is 7.71. The van der Waals surface area contributed by atoms with Gasteiger partial charge in [0.15, 0.2) is 5.82 Å². The third-order valence-electron chi connectivity index (χ3n) is 4.57. The van der Waals surface area contributed by atoms with Gasteiger partial charge in [-0.25, -0.2) is 4.68 Å². The van der Waals surface area contributed by atoms with Crippen LogP contribution in [0.15, 0.2) is 47.8 Å². The number of aromatic amines is 1. The van der Waals surface area contributed by atoms with E-state index in [1.54, 1.807) is 11.3 Å². The summed E-state index contributed by atoms with van der Waals surface area (Å²) in [5.74, 6) is 0.869. The number of likely N-dealkylation sites (tertiary alicyclic amines) is 1. The molecule has 1 aliphatic heterocycles. The van der Waals surface area contributed by atoms with E-state index in [0.717, 1.165) is 30.3 Å². The number of benzene rings is 1. The van der Waals surface area contributed by atoms with Crippen LogP contribution in [0.5, 0.6) is 0 Å². The number of nitrogens with one attached hydrogen (secondary N) is 1. The standard InChI is InChI=1S/C18H20N4S2/c23-18-19-17(16-9-5-11-24-16)20-22(18)13-21-10-4-8-15(21)12-14-6-2-1-3-7-14/h1-3,5-7,9,11,15H,4,8,10,12-13H2,(H,19,20,23)/t15-/m0/s1. The summed E-state index contributed by atoms with van der Waals surface area (Å²) in [6.07, 6.45) is 3.59. The van der Waals surface area contributed by atoms with E-state index < -0.39 is 0 Å². The molecule has 124 valence electrons. The predicted molar refractivity (Wildman–Crippen MR) is 101 cm³/mol. The second-order valence-electron chi connectivity index (χ2n) is 6.20. The molecule has 24 heavy (non-hydrogen) atoms. The zero-order valence-electron chi connectivity index (χ0n) is 13.4. The van der Waals surface area contributed by atoms with E-state index in [4.69, 9.17) is 12.2 Å². The fraction of sp³-hybridized carbons (Fsp3) is 0.333. The van der Waals surface area contributed by atoms with E-state index in [2.05, 4.69) is 56.8 Å². The highest BCUT2D eigenvalue weighted by atomic mass is 32.1. The number of rotatable bonds is 5. The third kappa shape index (κ3) is 3.36. The van der Waals surface area contributed by atoms with Crippen LogP contribution in [0.3, 0.4) is 0 Å². The highest BCUT2D eigenvalue weighted by Crippen LogP contribution is 2.23. The second-order valence-corrected chi connectivity index (χ2v) is 7.51. The number of hydrogen-bond donors (Lipinski definition) is 1. The minimum absolute atomic E-state index is 0.572. The Balaban J connectivity index is 1.49. The summed E-state index contributed by atoms with van der Waals surface area (Å²) in [4.78, 5) is 8.15. The average molecular weight is 357 g/mol. The first-order valence-corrected chi connectivity index (χ1v) is 9.57. The summed E-state index contributed by atoms with van der Waals surface area (Å²) in [5.41, 5.74) is 1.40. The van der Waals surface area contributed by atoms with Crippen molar-refractivity contribution in [2.24, 2.45) is 0 Å². The van der Waals surface area contributed by atoms with Crippen LogP contribution in [-0.4, -0.2) is 32.3 Å². The molecule has 0 bridgehead atoms. The Bertz CT molecular complexity index is 836. The maximum Gasteiger partial charge on any atom is 0.217 e. The first kappa shape index (κ1) is 15.7. The molecule has 2 aromatic heterocycles. The van der Waals surface area contributed by atoms with Crippen molar-refractivity contribution in [3.63, 3.8) is 0 Å². The van der Waals surface area contributed by atoms with Gasteiger partial charge in [0.05, 0.1) is 11.5 Å². The molecule has 0 unspecified atom stereocenters. The lowest BCUT2D eigenvalue weighted by Gasteiger charge is -2.24. The molecule has 0 saturated carbocycles. The fourth-order valence-electron chi connectivity index (χ4n) is 3.36. The van der Waals surface area contributed by atoms with Crippen molar-refractivity contribution in [3.05, 3.63) is 58.2 Å². The molecule has 1 atom stereocenters. The van der Waals surface area contributed by atoms with Crippen molar-refractivity contribution < 1.29 is 0 Å². The summed E-state index contributed by atoms with van der Waals surface area (Å²) in [5, 5.41) is 5.42. The second kappa shape index (κ2) is 7.01. The van der Waals surface area contributed by atoms with Gasteiger partial charge in [0.2, 0.25) is 4.77 Å². The van der Waals surface area contributed by atoms with E-state index in [1.165, 1.54) is 18.4 Å². The van der Waals surface area contributed by atoms with E-state index >= 15 is 0 Å². The van der Waals surface area contributed by atoms with Crippen molar-refractivity contribution in [1.29, 1.82) is 0 Å². The van der Waals surface area contributed by atoms with E-state index in [9.17, 15) is 0 Å². The van der Waals surface area contributed by atoms with Gasteiger partial charge in [-0.15, -0.1) is 11.3 Å². The molecule has 0 amide bonds. The molecule has 0 radical (unpaired) electrons. The lowest BCUT2D eigenvalue weighted by molar-refractivity contribution is 0.188. The summed E-state index contributed by atoms with van der Waals surface area (Å²) < 4.78 is 2.62. The quantitative estimate of drug-likeness (QED) is 0.691. The Morgan fingerprint density at radius 2 is 2.08 bits per heavy atom. The van der Waals surface area contributed by atoms with Crippen LogP contribution in [0.1, 0.15) is 18.4 Å². The molecule has 1 fully saturated rings. The van der Waals surface area contributed by atoms with Gasteiger partial charge in [-0.2, -0.15) is 4.98 Å². The van der Waals surface area contributed by atoms with Crippen molar-refractivity contribution in [2.75, 3.05) is 6.54 Å². The smallest absolute Gasteiger partial charge is 0.217 e. The van der Waals surface area contributed by atoms with Gasteiger partial charge in [-0.05, 0) is 48.5 Å². The fourth-order valence-corrected chi connectivity index (χ4v) is 4.21. The molecule has 1 N–H and O–H groups in total. The number of nitrogens with zero attached hydrogens (tertiary/aromatic N) is 3. The Hall–Kier alpha value is -1.76. The normalized spacial score (nSPS) is 18.2. The lowest BCUT2D eigenvalue weighted by Crippen LogP contribution is -2.33. The van der Waals surface area contributed by atoms with E-state index in [0.29, 0.717) is 10.8 Å². The minimum Gasteiger partial charge on any atom is -0.281 e. The molecule has 4 rings (SSSR count). The number of H-pyrrole nitrogens is 1. The molecule has 6 heteroatoms. The number of thiophene rings is 1. The van der Waals surface area contributed by atoms with Gasteiger partial charge in [0.1, 0.15) is 0 Å². The topological polar surface area (TPSA) is 36.9 Å². The Labute approximate surface area is 150 Å². The zero-order valence-corrected chi connectivity index (χ0v) is 15.0. The Morgan fingerprint density at radius 1 is 1.21 bits per heavy atom. The molecular formula is C18H20N4S2. The summed E-state index contributed by atoms with van der Waals surface area (Å²) >= 11 is 7.12. The summed E-state index contributed by atoms with van der Waals surface area (Å²) in [6, 6.07) is 15.4. The van der Waals surface area contributed by atoms with Crippen molar-refractivity contribution in [2.45, 2.75) is 32.0 Å². The minimum atomic E-state index is 0.572. The number of hydrogen-bond acceptors (Lipinski definition) is 4. The largest absolute Gasteiger partial charge is 0.281 e. The molecule has 1 aromatic carbocycles. The molecule has 4 nitrogen and oxygen atoms in total. The Kier molecular flexibility index (Phi) is 4.60. The van der Waals surface area contributed by atoms with Crippen LogP contribution in [0.4, 0.5) is 0 Å². The van der Waals surface area contributed by atoms with Crippen LogP contribution in [-0.2, 0) is 13.1 Å². The molecule has 0 spiro atoms. The van der Waals surface area contributed by atoms with Gasteiger partial charge >= 0.3 is 0 Å². The van der Waals surface area contributed by atoms with Gasteiger partial charge in [-0.1, -0.05) is 36.4 Å². The van der Waals surface area contributed by atoms with Gasteiger partial charge in [-0.3, -0.25) is 10.00 Å². The molecule has 0 aliphatic carbocycles. The van der Waals surface area contributed by atoms with Crippen LogP contribution in [0.25, 0.3) is 10.7 Å². The molecule has 3 aromatic rings. The molecular weight excluding hydrogens is 336 g/mol. The van der Waals surface area contributed by atoms with Crippen LogP contribution < -0.4 is 0 Å². The maximum absolute atomic E-state index is 5.45. The summed E-state index contributed by atoms with van der Waals surface area (Å²) in [6.45, 7) is 1.90. The van der Waals surface area contributed by atoms with E-state index in [1.807, 2.05) is 10.7 Å². The van der Waals surface area contributed by atoms with Crippen LogP contribution >= 0.6 is 23.6 Å². The first-order valence-electron chi connectivity index (χ1n) is 8.28. The van der Waals surface area contributed by atoms with Crippen LogP contribution in [0.2, 0.25) is 0 Å². The predicted octanol–water partition coefficient (Wildman–Crippen LogP) is 4.33. The molecule has 1 saturated heterocycles. The van der Waals surface area contributed by atoms with Crippen molar-refractivity contribution in [3.8, 4) is 10.7 Å². The lowest BCUT2D eigenvalue weighted by atomic mass is 10.0. The van der Waals surface area contributed by atoms with Crippen molar-refractivity contribution in [1.82, 2.24) is 19.7 Å². The third-order valence-corrected chi connectivity index (χ3v) is 5.76. The van der Waals surface area contributed by atoms with Crippen LogP contribution in [0, 0.1) is 4.77 Å². The first-order chi connectivity index (χ1) is 11.8. The van der Waals surface area contributed by atoms with E-state index in [-0.39, 0.29) is 0 Å². The monoisotopic (exact) mass is 356 g/mol. The average Bonchev–Trinajstić information content (AvgIpc) is 3.32. The molecule has 1 aliphatic rings. The highest BCUT2D eigenvalue weighted by Gasteiger charge is 2.25. The van der Waals surface area contributed by atoms with Crippen molar-refractivity contribution >= 4 is 23.6 Å². The molecule has 3 heterocycles. The number of aromatic nitrogens is 3. The summed E-state index contributed by atoms with van der Waals surface area (Å²) in [7, 11) is 0. The van der Waals surface area contributed by atoms with Gasteiger partial charge < -0.3 is 0 Å². The maximum atomic E-state index is 5.45. The zero-order chi connectivity index (χ0) is 16.4. The van der Waals surface area contributed by atoms with Gasteiger partial charge in [0, 0.05) is 12.6 Å². The SMILES string of the molecule is S=c1nc(-c2cccs2)[nH]n1CN1CCC[C@H]1Cc1ccccc1. The van der Waals surface area contributed by atoms with Gasteiger partial charge in [0.25, 0.3) is 0 Å². The Morgan fingerprint density at radius 3 is 2.88 bits per heavy atom.